The van der Waals surface area contributed by atoms with Crippen LogP contribution in [0.15, 0.2) is 6.20 Å². The van der Waals surface area contributed by atoms with E-state index in [9.17, 15) is 5.11 Å². The van der Waals surface area contributed by atoms with Crippen LogP contribution in [0.25, 0.3) is 0 Å². The molecule has 0 spiro atoms. The minimum atomic E-state index is -0.820. The molecule has 5 nitrogen and oxygen atoms in total. The molecular formula is C12H17ClN4OS. The van der Waals surface area contributed by atoms with Gasteiger partial charge in [0.05, 0.1) is 27.5 Å². The third-order valence-corrected chi connectivity index (χ3v) is 3.97. The summed E-state index contributed by atoms with van der Waals surface area (Å²) in [6.45, 7) is 6.07. The summed E-state index contributed by atoms with van der Waals surface area (Å²) in [5, 5.41) is 19.3. The molecule has 0 saturated carbocycles. The highest BCUT2D eigenvalue weighted by molar-refractivity contribution is 7.05. The number of aryl methyl sites for hydroxylation is 1. The number of hydrogen-bond donors (Lipinski definition) is 1. The Kier molecular flexibility index (Phi) is 4.54. The molecule has 0 saturated heterocycles. The largest absolute Gasteiger partial charge is 0.381 e. The highest BCUT2D eigenvalue weighted by atomic mass is 35.5. The van der Waals surface area contributed by atoms with E-state index in [1.807, 2.05) is 13.8 Å². The molecule has 0 aliphatic heterocycles. The minimum Gasteiger partial charge on any atom is -0.381 e. The monoisotopic (exact) mass is 300 g/mol. The number of hydrogen-bond acceptors (Lipinski definition) is 5. The summed E-state index contributed by atoms with van der Waals surface area (Å²) in [7, 11) is 0. The van der Waals surface area contributed by atoms with Crippen LogP contribution in [0, 0.1) is 0 Å². The van der Waals surface area contributed by atoms with Crippen molar-refractivity contribution in [2.45, 2.75) is 45.8 Å². The third kappa shape index (κ3) is 2.80. The van der Waals surface area contributed by atoms with Gasteiger partial charge in [-0.1, -0.05) is 29.4 Å². The maximum Gasteiger partial charge on any atom is 0.135 e. The molecule has 2 heterocycles. The summed E-state index contributed by atoms with van der Waals surface area (Å²) in [5.74, 6) is 0. The van der Waals surface area contributed by atoms with Crippen molar-refractivity contribution in [3.63, 3.8) is 0 Å². The Hall–Kier alpha value is -0.980. The van der Waals surface area contributed by atoms with Gasteiger partial charge in [-0.2, -0.15) is 5.10 Å². The Morgan fingerprint density at radius 2 is 2.21 bits per heavy atom. The fraction of sp³-hybridized carbons (Fsp3) is 0.583. The highest BCUT2D eigenvalue weighted by Crippen LogP contribution is 2.33. The molecular weight excluding hydrogens is 284 g/mol. The Morgan fingerprint density at radius 1 is 1.47 bits per heavy atom. The molecule has 2 aromatic heterocycles. The van der Waals surface area contributed by atoms with E-state index < -0.39 is 6.10 Å². The van der Waals surface area contributed by atoms with Crippen LogP contribution in [0.1, 0.15) is 55.6 Å². The first-order chi connectivity index (χ1) is 9.06. The lowest BCUT2D eigenvalue weighted by Gasteiger charge is -2.15. The van der Waals surface area contributed by atoms with Crippen molar-refractivity contribution in [2.75, 3.05) is 0 Å². The van der Waals surface area contributed by atoms with Crippen molar-refractivity contribution in [1.82, 2.24) is 19.4 Å². The van der Waals surface area contributed by atoms with Crippen LogP contribution >= 0.6 is 23.1 Å². The van der Waals surface area contributed by atoms with Gasteiger partial charge in [0.1, 0.15) is 6.10 Å². The van der Waals surface area contributed by atoms with E-state index in [1.165, 1.54) is 11.5 Å². The number of aromatic nitrogens is 4. The van der Waals surface area contributed by atoms with Gasteiger partial charge in [0.2, 0.25) is 0 Å². The SMILES string of the molecule is CCCc1nnsc1C(O)c1c(Cl)cnn1C(C)C. The lowest BCUT2D eigenvalue weighted by atomic mass is 10.1. The minimum absolute atomic E-state index is 0.132. The van der Waals surface area contributed by atoms with Crippen LogP contribution in [-0.2, 0) is 6.42 Å². The lowest BCUT2D eigenvalue weighted by molar-refractivity contribution is 0.207. The zero-order chi connectivity index (χ0) is 14.0. The first kappa shape index (κ1) is 14.4. The molecule has 2 rings (SSSR count). The number of halogens is 1. The van der Waals surface area contributed by atoms with E-state index in [1.54, 1.807) is 10.9 Å². The first-order valence-corrected chi connectivity index (χ1v) is 7.43. The fourth-order valence-corrected chi connectivity index (χ4v) is 2.90. The van der Waals surface area contributed by atoms with Crippen molar-refractivity contribution >= 4 is 23.1 Å². The van der Waals surface area contributed by atoms with Crippen LogP contribution in [-0.4, -0.2) is 24.5 Å². The average Bonchev–Trinajstić information content (AvgIpc) is 2.95. The number of aliphatic hydroxyl groups excluding tert-OH is 1. The molecule has 0 fully saturated rings. The topological polar surface area (TPSA) is 63.8 Å². The molecule has 104 valence electrons. The summed E-state index contributed by atoms with van der Waals surface area (Å²) >= 11 is 7.36. The van der Waals surface area contributed by atoms with Gasteiger partial charge in [0, 0.05) is 6.04 Å². The van der Waals surface area contributed by atoms with Crippen LogP contribution in [0.3, 0.4) is 0 Å². The van der Waals surface area contributed by atoms with Gasteiger partial charge >= 0.3 is 0 Å². The maximum atomic E-state index is 10.6. The van der Waals surface area contributed by atoms with Crippen molar-refractivity contribution in [3.05, 3.63) is 27.5 Å². The predicted molar refractivity (Wildman–Crippen MR) is 75.6 cm³/mol. The lowest BCUT2D eigenvalue weighted by Crippen LogP contribution is -2.13. The Bertz CT molecular complexity index is 552. The van der Waals surface area contributed by atoms with Gasteiger partial charge in [0.25, 0.3) is 0 Å². The number of nitrogens with zero attached hydrogens (tertiary/aromatic N) is 4. The fourth-order valence-electron chi connectivity index (χ4n) is 1.98. The van der Waals surface area contributed by atoms with E-state index >= 15 is 0 Å². The molecule has 1 unspecified atom stereocenters. The molecule has 0 bridgehead atoms. The average molecular weight is 301 g/mol. The summed E-state index contributed by atoms with van der Waals surface area (Å²) in [5.41, 5.74) is 1.45. The van der Waals surface area contributed by atoms with Gasteiger partial charge in [-0.05, 0) is 31.8 Å². The number of rotatable bonds is 5. The summed E-state index contributed by atoms with van der Waals surface area (Å²) in [4.78, 5) is 0.756. The van der Waals surface area contributed by atoms with Gasteiger partial charge in [0.15, 0.2) is 0 Å². The Morgan fingerprint density at radius 3 is 2.84 bits per heavy atom. The second kappa shape index (κ2) is 5.98. The predicted octanol–water partition coefficient (Wildman–Crippen LogP) is 3.00. The Labute approximate surface area is 121 Å². The van der Waals surface area contributed by atoms with Gasteiger partial charge in [-0.15, -0.1) is 5.10 Å². The molecule has 19 heavy (non-hydrogen) atoms. The molecule has 7 heteroatoms. The molecule has 1 N–H and O–H groups in total. The molecule has 0 aromatic carbocycles. The molecule has 1 atom stereocenters. The Balaban J connectivity index is 2.41. The quantitative estimate of drug-likeness (QED) is 0.922. The van der Waals surface area contributed by atoms with Gasteiger partial charge in [-0.3, -0.25) is 4.68 Å². The summed E-state index contributed by atoms with van der Waals surface area (Å²) < 4.78 is 5.67. The zero-order valence-electron chi connectivity index (χ0n) is 11.2. The van der Waals surface area contributed by atoms with Crippen molar-refractivity contribution < 1.29 is 5.11 Å². The smallest absolute Gasteiger partial charge is 0.135 e. The van der Waals surface area contributed by atoms with Gasteiger partial charge < -0.3 is 5.11 Å². The molecule has 0 radical (unpaired) electrons. The first-order valence-electron chi connectivity index (χ1n) is 6.28. The van der Waals surface area contributed by atoms with Crippen LogP contribution in [0.2, 0.25) is 5.02 Å². The second-order valence-electron chi connectivity index (χ2n) is 4.65. The van der Waals surface area contributed by atoms with Crippen molar-refractivity contribution in [1.29, 1.82) is 0 Å². The number of aliphatic hydroxyl groups is 1. The van der Waals surface area contributed by atoms with Crippen molar-refractivity contribution in [2.24, 2.45) is 0 Å². The van der Waals surface area contributed by atoms with E-state index in [0.717, 1.165) is 23.4 Å². The molecule has 0 aliphatic rings. The van der Waals surface area contributed by atoms with Crippen LogP contribution < -0.4 is 0 Å². The molecule has 0 amide bonds. The van der Waals surface area contributed by atoms with Gasteiger partial charge in [-0.25, -0.2) is 0 Å². The van der Waals surface area contributed by atoms with Crippen LogP contribution in [0.5, 0.6) is 0 Å². The van der Waals surface area contributed by atoms with Crippen LogP contribution in [0.4, 0.5) is 0 Å². The third-order valence-electron chi connectivity index (χ3n) is 2.86. The van der Waals surface area contributed by atoms with E-state index in [0.29, 0.717) is 10.7 Å². The summed E-state index contributed by atoms with van der Waals surface area (Å²) in [6, 6.07) is 0.132. The summed E-state index contributed by atoms with van der Waals surface area (Å²) in [6.07, 6.45) is 2.51. The standard InChI is InChI=1S/C12H17ClN4OS/c1-4-5-9-12(19-16-15-9)11(18)10-8(13)6-14-17(10)7(2)3/h6-7,11,18H,4-5H2,1-3H3. The van der Waals surface area contributed by atoms with E-state index in [2.05, 4.69) is 21.6 Å². The van der Waals surface area contributed by atoms with Crippen molar-refractivity contribution in [3.8, 4) is 0 Å². The van der Waals surface area contributed by atoms with E-state index in [-0.39, 0.29) is 6.04 Å². The van der Waals surface area contributed by atoms with E-state index in [4.69, 9.17) is 11.6 Å². The molecule has 0 aliphatic carbocycles. The normalized spacial score (nSPS) is 13.2. The second-order valence-corrected chi connectivity index (χ2v) is 5.85. The zero-order valence-corrected chi connectivity index (χ0v) is 12.7. The maximum absolute atomic E-state index is 10.6. The highest BCUT2D eigenvalue weighted by Gasteiger charge is 2.25. The molecule has 2 aromatic rings.